The minimum atomic E-state index is -0.316. The molecule has 0 saturated carbocycles. The summed E-state index contributed by atoms with van der Waals surface area (Å²) in [6, 6.07) is 8.53. The van der Waals surface area contributed by atoms with Crippen molar-refractivity contribution in [1.29, 1.82) is 0 Å². The SMILES string of the molecule is CCc1ccc(C2(C)CC(O)CCO2)cc1. The molecular weight excluding hydrogens is 200 g/mol. The Morgan fingerprint density at radius 2 is 2.06 bits per heavy atom. The van der Waals surface area contributed by atoms with Gasteiger partial charge in [0.15, 0.2) is 0 Å². The lowest BCUT2D eigenvalue weighted by molar-refractivity contribution is -0.112. The summed E-state index contributed by atoms with van der Waals surface area (Å²) in [6.07, 6.45) is 2.27. The lowest BCUT2D eigenvalue weighted by Crippen LogP contribution is -2.37. The Labute approximate surface area is 97.3 Å². The predicted molar refractivity (Wildman–Crippen MR) is 64.4 cm³/mol. The van der Waals surface area contributed by atoms with Gasteiger partial charge in [-0.2, -0.15) is 0 Å². The molecule has 1 aliphatic rings. The fraction of sp³-hybridized carbons (Fsp3) is 0.571. The third-order valence-electron chi connectivity index (χ3n) is 3.47. The molecule has 0 aromatic heterocycles. The lowest BCUT2D eigenvalue weighted by Gasteiger charge is -2.37. The van der Waals surface area contributed by atoms with Gasteiger partial charge in [0.05, 0.1) is 18.3 Å². The largest absolute Gasteiger partial charge is 0.393 e. The Bertz CT molecular complexity index is 344. The van der Waals surface area contributed by atoms with Crippen LogP contribution in [0.4, 0.5) is 0 Å². The van der Waals surface area contributed by atoms with Gasteiger partial charge in [-0.1, -0.05) is 31.2 Å². The summed E-state index contributed by atoms with van der Waals surface area (Å²) in [5, 5.41) is 9.73. The van der Waals surface area contributed by atoms with Crippen LogP contribution in [0.1, 0.15) is 37.8 Å². The molecule has 0 spiro atoms. The van der Waals surface area contributed by atoms with Crippen LogP contribution in [0.15, 0.2) is 24.3 Å². The van der Waals surface area contributed by atoms with E-state index in [4.69, 9.17) is 4.74 Å². The Kier molecular flexibility index (Phi) is 3.31. The molecule has 2 unspecified atom stereocenters. The van der Waals surface area contributed by atoms with Crippen molar-refractivity contribution >= 4 is 0 Å². The molecule has 1 N–H and O–H groups in total. The minimum Gasteiger partial charge on any atom is -0.393 e. The van der Waals surface area contributed by atoms with Crippen molar-refractivity contribution in [2.45, 2.75) is 44.8 Å². The first-order valence-corrected chi connectivity index (χ1v) is 6.05. The molecule has 1 heterocycles. The number of benzene rings is 1. The second-order valence-corrected chi connectivity index (χ2v) is 4.78. The smallest absolute Gasteiger partial charge is 0.0927 e. The van der Waals surface area contributed by atoms with Crippen LogP contribution in [0.3, 0.4) is 0 Å². The molecule has 2 rings (SSSR count). The molecule has 1 aromatic rings. The molecule has 88 valence electrons. The first-order chi connectivity index (χ1) is 7.64. The quantitative estimate of drug-likeness (QED) is 0.830. The van der Waals surface area contributed by atoms with Crippen LogP contribution in [0.2, 0.25) is 0 Å². The Morgan fingerprint density at radius 3 is 2.62 bits per heavy atom. The Morgan fingerprint density at radius 1 is 1.38 bits per heavy atom. The summed E-state index contributed by atoms with van der Waals surface area (Å²) in [5.74, 6) is 0. The van der Waals surface area contributed by atoms with Gasteiger partial charge < -0.3 is 9.84 Å². The van der Waals surface area contributed by atoms with Gasteiger partial charge in [-0.05, 0) is 30.9 Å². The number of aliphatic hydroxyl groups is 1. The number of hydrogen-bond donors (Lipinski definition) is 1. The summed E-state index contributed by atoms with van der Waals surface area (Å²) >= 11 is 0. The molecule has 0 radical (unpaired) electrons. The molecule has 1 aliphatic heterocycles. The second-order valence-electron chi connectivity index (χ2n) is 4.78. The molecule has 1 saturated heterocycles. The molecular formula is C14H20O2. The van der Waals surface area contributed by atoms with Crippen molar-refractivity contribution in [3.63, 3.8) is 0 Å². The molecule has 2 nitrogen and oxygen atoms in total. The minimum absolute atomic E-state index is 0.232. The van der Waals surface area contributed by atoms with Crippen molar-refractivity contribution in [2.24, 2.45) is 0 Å². The summed E-state index contributed by atoms with van der Waals surface area (Å²) in [5.41, 5.74) is 2.19. The van der Waals surface area contributed by atoms with Crippen LogP contribution in [-0.2, 0) is 16.8 Å². The van der Waals surface area contributed by atoms with E-state index < -0.39 is 0 Å². The molecule has 2 atom stereocenters. The van der Waals surface area contributed by atoms with Gasteiger partial charge in [0, 0.05) is 6.42 Å². The topological polar surface area (TPSA) is 29.5 Å². The molecule has 16 heavy (non-hydrogen) atoms. The number of aryl methyl sites for hydroxylation is 1. The Balaban J connectivity index is 2.20. The molecule has 2 heteroatoms. The van der Waals surface area contributed by atoms with E-state index in [1.807, 2.05) is 0 Å². The van der Waals surface area contributed by atoms with Gasteiger partial charge in [0.25, 0.3) is 0 Å². The number of hydrogen-bond acceptors (Lipinski definition) is 2. The van der Waals surface area contributed by atoms with Crippen LogP contribution >= 0.6 is 0 Å². The molecule has 1 aromatic carbocycles. The predicted octanol–water partition coefficient (Wildman–Crippen LogP) is 2.64. The fourth-order valence-electron chi connectivity index (χ4n) is 2.33. The summed E-state index contributed by atoms with van der Waals surface area (Å²) in [7, 11) is 0. The zero-order valence-corrected chi connectivity index (χ0v) is 10.1. The summed E-state index contributed by atoms with van der Waals surface area (Å²) < 4.78 is 5.84. The highest BCUT2D eigenvalue weighted by atomic mass is 16.5. The van der Waals surface area contributed by atoms with E-state index in [2.05, 4.69) is 38.1 Å². The van der Waals surface area contributed by atoms with Crippen LogP contribution in [0.5, 0.6) is 0 Å². The normalized spacial score (nSPS) is 30.3. The zero-order valence-electron chi connectivity index (χ0n) is 10.1. The number of aliphatic hydroxyl groups excluding tert-OH is 1. The molecule has 0 amide bonds. The van der Waals surface area contributed by atoms with Gasteiger partial charge in [-0.3, -0.25) is 0 Å². The van der Waals surface area contributed by atoms with Gasteiger partial charge in [0.1, 0.15) is 0 Å². The molecule has 1 fully saturated rings. The van der Waals surface area contributed by atoms with Crippen molar-refractivity contribution < 1.29 is 9.84 Å². The van der Waals surface area contributed by atoms with Gasteiger partial charge in [-0.25, -0.2) is 0 Å². The van der Waals surface area contributed by atoms with Gasteiger partial charge in [0.2, 0.25) is 0 Å². The van der Waals surface area contributed by atoms with E-state index in [-0.39, 0.29) is 11.7 Å². The zero-order chi connectivity index (χ0) is 11.6. The third kappa shape index (κ3) is 2.28. The first-order valence-electron chi connectivity index (χ1n) is 6.05. The highest BCUT2D eigenvalue weighted by molar-refractivity contribution is 5.27. The lowest BCUT2D eigenvalue weighted by atomic mass is 9.86. The highest BCUT2D eigenvalue weighted by Gasteiger charge is 2.33. The van der Waals surface area contributed by atoms with Crippen molar-refractivity contribution in [1.82, 2.24) is 0 Å². The van der Waals surface area contributed by atoms with Crippen molar-refractivity contribution in [2.75, 3.05) is 6.61 Å². The number of rotatable bonds is 2. The van der Waals surface area contributed by atoms with Crippen LogP contribution in [0, 0.1) is 0 Å². The van der Waals surface area contributed by atoms with Crippen LogP contribution in [0.25, 0.3) is 0 Å². The fourth-order valence-corrected chi connectivity index (χ4v) is 2.33. The first kappa shape index (κ1) is 11.6. The highest BCUT2D eigenvalue weighted by Crippen LogP contribution is 2.34. The molecule has 0 bridgehead atoms. The maximum Gasteiger partial charge on any atom is 0.0927 e. The summed E-state index contributed by atoms with van der Waals surface area (Å²) in [6.45, 7) is 4.86. The van der Waals surface area contributed by atoms with E-state index in [9.17, 15) is 5.11 Å². The van der Waals surface area contributed by atoms with Gasteiger partial charge in [-0.15, -0.1) is 0 Å². The van der Waals surface area contributed by atoms with E-state index in [0.717, 1.165) is 12.8 Å². The van der Waals surface area contributed by atoms with E-state index in [1.54, 1.807) is 0 Å². The van der Waals surface area contributed by atoms with Gasteiger partial charge >= 0.3 is 0 Å². The number of ether oxygens (including phenoxy) is 1. The third-order valence-corrected chi connectivity index (χ3v) is 3.47. The standard InChI is InChI=1S/C14H20O2/c1-3-11-4-6-12(7-5-11)14(2)10-13(15)8-9-16-14/h4-7,13,15H,3,8-10H2,1-2H3. The van der Waals surface area contributed by atoms with E-state index in [1.165, 1.54) is 11.1 Å². The monoisotopic (exact) mass is 220 g/mol. The second kappa shape index (κ2) is 4.56. The van der Waals surface area contributed by atoms with Crippen molar-refractivity contribution in [3.8, 4) is 0 Å². The van der Waals surface area contributed by atoms with E-state index in [0.29, 0.717) is 13.0 Å². The van der Waals surface area contributed by atoms with E-state index >= 15 is 0 Å². The Hall–Kier alpha value is -0.860. The average Bonchev–Trinajstić information content (AvgIpc) is 2.29. The average molecular weight is 220 g/mol. The summed E-state index contributed by atoms with van der Waals surface area (Å²) in [4.78, 5) is 0. The van der Waals surface area contributed by atoms with Crippen molar-refractivity contribution in [3.05, 3.63) is 35.4 Å². The van der Waals surface area contributed by atoms with Crippen LogP contribution in [-0.4, -0.2) is 17.8 Å². The maximum atomic E-state index is 9.73. The molecule has 0 aliphatic carbocycles. The maximum absolute atomic E-state index is 9.73. The van der Waals surface area contributed by atoms with Crippen LogP contribution < -0.4 is 0 Å².